The monoisotopic (exact) mass is 255 g/mol. The van der Waals surface area contributed by atoms with E-state index in [-0.39, 0.29) is 0 Å². The van der Waals surface area contributed by atoms with Crippen molar-refractivity contribution in [2.45, 2.75) is 32.6 Å². The van der Waals surface area contributed by atoms with Crippen molar-refractivity contribution < 1.29 is 0 Å². The molecule has 1 aliphatic rings. The number of nitrogens with one attached hydrogen (secondary N) is 1. The molecular weight excluding hydrogens is 234 g/mol. The molecule has 3 nitrogen and oxygen atoms in total. The smallest absolute Gasteiger partial charge is 0.0630 e. The zero-order valence-electron chi connectivity index (χ0n) is 11.4. The molecule has 0 radical (unpaired) electrons. The van der Waals surface area contributed by atoms with E-state index in [1.54, 1.807) is 6.20 Å². The first kappa shape index (κ1) is 12.3. The molecule has 0 aliphatic heterocycles. The van der Waals surface area contributed by atoms with Crippen molar-refractivity contribution in [2.24, 2.45) is 5.41 Å². The lowest BCUT2D eigenvalue weighted by Gasteiger charge is -2.41. The van der Waals surface area contributed by atoms with Gasteiger partial charge in [0.25, 0.3) is 0 Å². The maximum Gasteiger partial charge on any atom is 0.0630 e. The second-order valence-electron chi connectivity index (χ2n) is 5.68. The van der Waals surface area contributed by atoms with E-state index in [1.807, 2.05) is 12.3 Å². The first-order chi connectivity index (χ1) is 9.24. The van der Waals surface area contributed by atoms with E-state index in [4.69, 9.17) is 5.73 Å². The number of rotatable bonds is 4. The number of pyridine rings is 1. The van der Waals surface area contributed by atoms with Gasteiger partial charge in [-0.2, -0.15) is 0 Å². The minimum Gasteiger partial charge on any atom is -0.397 e. The Morgan fingerprint density at radius 1 is 1.32 bits per heavy atom. The van der Waals surface area contributed by atoms with E-state index in [0.29, 0.717) is 5.41 Å². The molecule has 1 aromatic carbocycles. The van der Waals surface area contributed by atoms with Crippen LogP contribution in [0.25, 0.3) is 10.8 Å². The highest BCUT2D eigenvalue weighted by Gasteiger charge is 2.34. The minimum absolute atomic E-state index is 0.500. The predicted molar refractivity (Wildman–Crippen MR) is 81.2 cm³/mol. The number of aromatic nitrogens is 1. The molecule has 1 fully saturated rings. The Labute approximate surface area is 114 Å². The average Bonchev–Trinajstić information content (AvgIpc) is 2.40. The summed E-state index contributed by atoms with van der Waals surface area (Å²) in [6, 6.07) is 6.14. The standard InChI is InChI=1S/C16H21N3/c1-2-16(7-3-8-16)11-19-14-5-4-12-10-18-9-6-13(12)15(14)17/h4-6,9-10,19H,2-3,7-8,11,17H2,1H3. The van der Waals surface area contributed by atoms with Gasteiger partial charge in [-0.1, -0.05) is 19.4 Å². The maximum atomic E-state index is 6.26. The van der Waals surface area contributed by atoms with Gasteiger partial charge in [0.15, 0.2) is 0 Å². The largest absolute Gasteiger partial charge is 0.397 e. The summed E-state index contributed by atoms with van der Waals surface area (Å²) >= 11 is 0. The van der Waals surface area contributed by atoms with Gasteiger partial charge in [0.1, 0.15) is 0 Å². The molecule has 3 rings (SSSR count). The average molecular weight is 255 g/mol. The van der Waals surface area contributed by atoms with Crippen molar-refractivity contribution in [1.82, 2.24) is 4.98 Å². The molecule has 0 atom stereocenters. The number of nitrogens with zero attached hydrogens (tertiary/aromatic N) is 1. The van der Waals surface area contributed by atoms with Gasteiger partial charge in [0, 0.05) is 29.7 Å². The summed E-state index contributed by atoms with van der Waals surface area (Å²) < 4.78 is 0. The second kappa shape index (κ2) is 4.72. The molecular formula is C16H21N3. The molecule has 3 N–H and O–H groups in total. The zero-order chi connectivity index (χ0) is 13.3. The van der Waals surface area contributed by atoms with Gasteiger partial charge >= 0.3 is 0 Å². The van der Waals surface area contributed by atoms with E-state index in [2.05, 4.69) is 29.4 Å². The summed E-state index contributed by atoms with van der Waals surface area (Å²) in [7, 11) is 0. The summed E-state index contributed by atoms with van der Waals surface area (Å²) in [4.78, 5) is 4.13. The van der Waals surface area contributed by atoms with Crippen LogP contribution in [-0.2, 0) is 0 Å². The Morgan fingerprint density at radius 3 is 2.84 bits per heavy atom. The van der Waals surface area contributed by atoms with Crippen LogP contribution in [0.4, 0.5) is 11.4 Å². The van der Waals surface area contributed by atoms with Gasteiger partial charge in [-0.15, -0.1) is 0 Å². The number of anilines is 2. The Kier molecular flexibility index (Phi) is 3.05. The van der Waals surface area contributed by atoms with Crippen LogP contribution in [0.15, 0.2) is 30.6 Å². The maximum absolute atomic E-state index is 6.26. The third-order valence-corrected chi connectivity index (χ3v) is 4.68. The van der Waals surface area contributed by atoms with Gasteiger partial charge in [0.2, 0.25) is 0 Å². The highest BCUT2D eigenvalue weighted by molar-refractivity contribution is 5.98. The lowest BCUT2D eigenvalue weighted by molar-refractivity contribution is 0.145. The van der Waals surface area contributed by atoms with Crippen molar-refractivity contribution in [3.63, 3.8) is 0 Å². The lowest BCUT2D eigenvalue weighted by Crippen LogP contribution is -2.35. The van der Waals surface area contributed by atoms with Gasteiger partial charge in [-0.25, -0.2) is 0 Å². The van der Waals surface area contributed by atoms with Crippen LogP contribution >= 0.6 is 0 Å². The Morgan fingerprint density at radius 2 is 2.16 bits per heavy atom. The number of hydrogen-bond donors (Lipinski definition) is 2. The van der Waals surface area contributed by atoms with Gasteiger partial charge in [-0.3, -0.25) is 4.98 Å². The molecule has 19 heavy (non-hydrogen) atoms. The van der Waals surface area contributed by atoms with Crippen LogP contribution in [0.1, 0.15) is 32.6 Å². The summed E-state index contributed by atoms with van der Waals surface area (Å²) in [6.07, 6.45) is 8.95. The molecule has 1 aliphatic carbocycles. The van der Waals surface area contributed by atoms with E-state index < -0.39 is 0 Å². The first-order valence-corrected chi connectivity index (χ1v) is 7.10. The van der Waals surface area contributed by atoms with Crippen LogP contribution in [0.5, 0.6) is 0 Å². The highest BCUT2D eigenvalue weighted by Crippen LogP contribution is 2.44. The topological polar surface area (TPSA) is 50.9 Å². The molecule has 0 bridgehead atoms. The SMILES string of the molecule is CCC1(CNc2ccc3cnccc3c2N)CCC1. The van der Waals surface area contributed by atoms with E-state index in [0.717, 1.165) is 28.7 Å². The molecule has 0 amide bonds. The number of benzene rings is 1. The molecule has 3 heteroatoms. The molecule has 0 unspecified atom stereocenters. The molecule has 0 spiro atoms. The zero-order valence-corrected chi connectivity index (χ0v) is 11.4. The van der Waals surface area contributed by atoms with Crippen LogP contribution in [0, 0.1) is 5.41 Å². The van der Waals surface area contributed by atoms with Crippen molar-refractivity contribution in [2.75, 3.05) is 17.6 Å². The summed E-state index contributed by atoms with van der Waals surface area (Å²) in [5.41, 5.74) is 8.65. The quantitative estimate of drug-likeness (QED) is 0.817. The first-order valence-electron chi connectivity index (χ1n) is 7.10. The van der Waals surface area contributed by atoms with Crippen molar-refractivity contribution in [1.29, 1.82) is 0 Å². The molecule has 100 valence electrons. The van der Waals surface area contributed by atoms with Crippen molar-refractivity contribution in [3.05, 3.63) is 30.6 Å². The molecule has 1 heterocycles. The third kappa shape index (κ3) is 2.14. The molecule has 1 aromatic heterocycles. The minimum atomic E-state index is 0.500. The number of nitrogen functional groups attached to an aromatic ring is 1. The van der Waals surface area contributed by atoms with Crippen LogP contribution in [0.3, 0.4) is 0 Å². The molecule has 1 saturated carbocycles. The number of nitrogens with two attached hydrogens (primary N) is 1. The van der Waals surface area contributed by atoms with Gasteiger partial charge < -0.3 is 11.1 Å². The second-order valence-corrected chi connectivity index (χ2v) is 5.68. The third-order valence-electron chi connectivity index (χ3n) is 4.68. The van der Waals surface area contributed by atoms with E-state index in [1.165, 1.54) is 25.7 Å². The van der Waals surface area contributed by atoms with Crippen LogP contribution in [0.2, 0.25) is 0 Å². The molecule has 0 saturated heterocycles. The Hall–Kier alpha value is -1.77. The normalized spacial score (nSPS) is 17.1. The van der Waals surface area contributed by atoms with Gasteiger partial charge in [-0.05, 0) is 36.8 Å². The summed E-state index contributed by atoms with van der Waals surface area (Å²) in [6.45, 7) is 3.32. The summed E-state index contributed by atoms with van der Waals surface area (Å²) in [5, 5.41) is 5.73. The number of hydrogen-bond acceptors (Lipinski definition) is 3. The van der Waals surface area contributed by atoms with Crippen molar-refractivity contribution >= 4 is 22.1 Å². The predicted octanol–water partition coefficient (Wildman–Crippen LogP) is 3.81. The van der Waals surface area contributed by atoms with Crippen molar-refractivity contribution in [3.8, 4) is 0 Å². The highest BCUT2D eigenvalue weighted by atomic mass is 14.9. The number of fused-ring (bicyclic) bond motifs is 1. The fourth-order valence-corrected chi connectivity index (χ4v) is 2.96. The fourth-order valence-electron chi connectivity index (χ4n) is 2.96. The molecule has 2 aromatic rings. The summed E-state index contributed by atoms with van der Waals surface area (Å²) in [5.74, 6) is 0. The van der Waals surface area contributed by atoms with E-state index >= 15 is 0 Å². The Balaban J connectivity index is 1.83. The lowest BCUT2D eigenvalue weighted by atomic mass is 9.67. The van der Waals surface area contributed by atoms with Crippen LogP contribution < -0.4 is 11.1 Å². The van der Waals surface area contributed by atoms with E-state index in [9.17, 15) is 0 Å². The Bertz CT molecular complexity index is 582. The van der Waals surface area contributed by atoms with Gasteiger partial charge in [0.05, 0.1) is 11.4 Å². The van der Waals surface area contributed by atoms with Crippen LogP contribution in [-0.4, -0.2) is 11.5 Å². The fraction of sp³-hybridized carbons (Fsp3) is 0.438.